The normalized spacial score (nSPS) is 13.1. The zero-order valence-corrected chi connectivity index (χ0v) is 13.3. The number of ether oxygens (including phenoxy) is 1. The highest BCUT2D eigenvalue weighted by atomic mass is 35.5. The summed E-state index contributed by atoms with van der Waals surface area (Å²) < 4.78 is 4.99. The second-order valence-corrected chi connectivity index (χ2v) is 5.29. The summed E-state index contributed by atoms with van der Waals surface area (Å²) in [5, 5.41) is 22.3. The lowest BCUT2D eigenvalue weighted by Gasteiger charge is -2.19. The fourth-order valence-corrected chi connectivity index (χ4v) is 2.11. The highest BCUT2D eigenvalue weighted by molar-refractivity contribution is 6.30. The maximum atomic E-state index is 11.6. The minimum absolute atomic E-state index is 0.0481. The fraction of sp³-hybridized carbons (Fsp3) is 0.267. The number of aromatic nitrogens is 2. The highest BCUT2D eigenvalue weighted by Crippen LogP contribution is 2.23. The third kappa shape index (κ3) is 5.05. The van der Waals surface area contributed by atoms with Crippen LogP contribution in [-0.2, 0) is 11.3 Å². The Balaban J connectivity index is 1.81. The standard InChI is InChI=1S/C15H17ClN4O4/c16-13-10(6-18-14(17)20-13)12(22)11(21)7-19-15(23)24-8-9-4-2-1-3-5-9/h1-6,11-12,21-22H,7-8H2,(H,19,23)(H2,17,18,20). The van der Waals surface area contributed by atoms with Gasteiger partial charge in [0.05, 0.1) is 0 Å². The Morgan fingerprint density at radius 2 is 2.04 bits per heavy atom. The van der Waals surface area contributed by atoms with Crippen LogP contribution >= 0.6 is 11.6 Å². The van der Waals surface area contributed by atoms with E-state index in [1.165, 1.54) is 6.20 Å². The highest BCUT2D eigenvalue weighted by Gasteiger charge is 2.23. The Labute approximate surface area is 143 Å². The third-order valence-corrected chi connectivity index (χ3v) is 3.44. The summed E-state index contributed by atoms with van der Waals surface area (Å²) in [4.78, 5) is 19.0. The number of nitrogen functional groups attached to an aromatic ring is 1. The molecule has 0 spiro atoms. The number of anilines is 1. The number of alkyl carbamates (subject to hydrolysis) is 1. The summed E-state index contributed by atoms with van der Waals surface area (Å²) in [6, 6.07) is 9.14. The molecular formula is C15H17ClN4O4. The van der Waals surface area contributed by atoms with Crippen LogP contribution < -0.4 is 11.1 Å². The van der Waals surface area contributed by atoms with E-state index >= 15 is 0 Å². The number of aliphatic hydroxyl groups excluding tert-OH is 2. The van der Waals surface area contributed by atoms with Crippen molar-refractivity contribution >= 4 is 23.6 Å². The van der Waals surface area contributed by atoms with E-state index in [4.69, 9.17) is 22.1 Å². The van der Waals surface area contributed by atoms with Crippen LogP contribution in [0.2, 0.25) is 5.15 Å². The number of nitrogens with zero attached hydrogens (tertiary/aromatic N) is 2. The number of nitrogens with two attached hydrogens (primary N) is 1. The van der Waals surface area contributed by atoms with Crippen molar-refractivity contribution in [2.75, 3.05) is 12.3 Å². The first kappa shape index (κ1) is 17.9. The number of hydrogen-bond donors (Lipinski definition) is 4. The number of amides is 1. The van der Waals surface area contributed by atoms with E-state index in [9.17, 15) is 15.0 Å². The van der Waals surface area contributed by atoms with Crippen molar-refractivity contribution in [1.29, 1.82) is 0 Å². The molecular weight excluding hydrogens is 336 g/mol. The third-order valence-electron chi connectivity index (χ3n) is 3.14. The molecule has 1 aromatic heterocycles. The van der Waals surface area contributed by atoms with Gasteiger partial charge >= 0.3 is 6.09 Å². The molecule has 0 saturated carbocycles. The molecule has 0 fully saturated rings. The maximum absolute atomic E-state index is 11.6. The van der Waals surface area contributed by atoms with Crippen LogP contribution in [0.5, 0.6) is 0 Å². The SMILES string of the molecule is Nc1ncc(C(O)C(O)CNC(=O)OCc2ccccc2)c(Cl)n1. The second kappa shape index (κ2) is 8.44. The van der Waals surface area contributed by atoms with E-state index in [1.54, 1.807) is 0 Å². The van der Waals surface area contributed by atoms with Crippen molar-refractivity contribution in [1.82, 2.24) is 15.3 Å². The van der Waals surface area contributed by atoms with Gasteiger partial charge < -0.3 is 26.0 Å². The van der Waals surface area contributed by atoms with Crippen molar-refractivity contribution in [3.63, 3.8) is 0 Å². The summed E-state index contributed by atoms with van der Waals surface area (Å²) >= 11 is 5.83. The zero-order valence-electron chi connectivity index (χ0n) is 12.6. The summed E-state index contributed by atoms with van der Waals surface area (Å²) in [5.74, 6) is -0.0481. The van der Waals surface area contributed by atoms with Gasteiger partial charge in [0.15, 0.2) is 0 Å². The molecule has 2 unspecified atom stereocenters. The predicted octanol–water partition coefficient (Wildman–Crippen LogP) is 1.03. The summed E-state index contributed by atoms with van der Waals surface area (Å²) in [7, 11) is 0. The van der Waals surface area contributed by atoms with Crippen LogP contribution in [0, 0.1) is 0 Å². The van der Waals surface area contributed by atoms with Gasteiger partial charge in [-0.3, -0.25) is 0 Å². The molecule has 0 aliphatic heterocycles. The monoisotopic (exact) mass is 352 g/mol. The molecule has 0 saturated heterocycles. The second-order valence-electron chi connectivity index (χ2n) is 4.93. The number of rotatable bonds is 6. The lowest BCUT2D eigenvalue weighted by Crippen LogP contribution is -2.36. The van der Waals surface area contributed by atoms with Gasteiger partial charge in [0.25, 0.3) is 0 Å². The molecule has 2 rings (SSSR count). The summed E-state index contributed by atoms with van der Waals surface area (Å²) in [6.07, 6.45) is -2.21. The van der Waals surface area contributed by atoms with E-state index in [1.807, 2.05) is 30.3 Å². The minimum Gasteiger partial charge on any atom is -0.445 e. The number of carbonyl (C=O) groups is 1. The average molecular weight is 353 g/mol. The van der Waals surface area contributed by atoms with Gasteiger partial charge in [0.2, 0.25) is 5.95 Å². The van der Waals surface area contributed by atoms with Gasteiger partial charge in [-0.05, 0) is 5.56 Å². The minimum atomic E-state index is -1.38. The number of hydrogen-bond acceptors (Lipinski definition) is 7. The Bertz CT molecular complexity index is 686. The number of aliphatic hydroxyl groups is 2. The van der Waals surface area contributed by atoms with E-state index in [2.05, 4.69) is 15.3 Å². The van der Waals surface area contributed by atoms with Crippen molar-refractivity contribution in [3.8, 4) is 0 Å². The van der Waals surface area contributed by atoms with Gasteiger partial charge in [-0.25, -0.2) is 14.8 Å². The largest absolute Gasteiger partial charge is 0.445 e. The molecule has 1 amide bonds. The molecule has 0 bridgehead atoms. The van der Waals surface area contributed by atoms with Crippen LogP contribution in [0.1, 0.15) is 17.2 Å². The van der Waals surface area contributed by atoms with Gasteiger partial charge in [-0.15, -0.1) is 0 Å². The number of nitrogens with one attached hydrogen (secondary N) is 1. The molecule has 0 aliphatic carbocycles. The molecule has 0 radical (unpaired) electrons. The number of halogens is 1. The summed E-state index contributed by atoms with van der Waals surface area (Å²) in [5.41, 5.74) is 6.30. The fourth-order valence-electron chi connectivity index (χ4n) is 1.86. The van der Waals surface area contributed by atoms with Crippen molar-refractivity contribution in [2.45, 2.75) is 18.8 Å². The first-order valence-corrected chi connectivity index (χ1v) is 7.43. The lowest BCUT2D eigenvalue weighted by molar-refractivity contribution is 0.0181. The zero-order chi connectivity index (χ0) is 17.5. The van der Waals surface area contributed by atoms with Gasteiger partial charge in [0, 0.05) is 18.3 Å². The van der Waals surface area contributed by atoms with Crippen LogP contribution in [0.4, 0.5) is 10.7 Å². The molecule has 1 heterocycles. The molecule has 2 atom stereocenters. The molecule has 9 heteroatoms. The predicted molar refractivity (Wildman–Crippen MR) is 87.1 cm³/mol. The Hall–Kier alpha value is -2.42. The van der Waals surface area contributed by atoms with Crippen molar-refractivity contribution < 1.29 is 19.7 Å². The molecule has 0 aliphatic rings. The first-order chi connectivity index (χ1) is 11.5. The lowest BCUT2D eigenvalue weighted by atomic mass is 10.1. The topological polar surface area (TPSA) is 131 Å². The van der Waals surface area contributed by atoms with Crippen molar-refractivity contribution in [2.24, 2.45) is 0 Å². The Morgan fingerprint density at radius 3 is 2.71 bits per heavy atom. The smallest absolute Gasteiger partial charge is 0.407 e. The van der Waals surface area contributed by atoms with E-state index < -0.39 is 18.3 Å². The quantitative estimate of drug-likeness (QED) is 0.571. The molecule has 8 nitrogen and oxygen atoms in total. The molecule has 2 aromatic rings. The van der Waals surface area contributed by atoms with E-state index in [0.717, 1.165) is 5.56 Å². The van der Waals surface area contributed by atoms with Gasteiger partial charge in [-0.1, -0.05) is 41.9 Å². The van der Waals surface area contributed by atoms with Gasteiger partial charge in [-0.2, -0.15) is 0 Å². The van der Waals surface area contributed by atoms with Crippen LogP contribution in [-0.4, -0.2) is 38.9 Å². The Morgan fingerprint density at radius 1 is 1.33 bits per heavy atom. The molecule has 24 heavy (non-hydrogen) atoms. The van der Waals surface area contributed by atoms with E-state index in [0.29, 0.717) is 0 Å². The summed E-state index contributed by atoms with van der Waals surface area (Å²) in [6.45, 7) is -0.140. The van der Waals surface area contributed by atoms with Crippen LogP contribution in [0.15, 0.2) is 36.5 Å². The number of benzene rings is 1. The molecule has 1 aromatic carbocycles. The first-order valence-electron chi connectivity index (χ1n) is 7.06. The van der Waals surface area contributed by atoms with E-state index in [-0.39, 0.29) is 29.8 Å². The van der Waals surface area contributed by atoms with Crippen molar-refractivity contribution in [3.05, 3.63) is 52.8 Å². The van der Waals surface area contributed by atoms with Crippen LogP contribution in [0.25, 0.3) is 0 Å². The van der Waals surface area contributed by atoms with Crippen LogP contribution in [0.3, 0.4) is 0 Å². The molecule has 128 valence electrons. The number of carbonyl (C=O) groups excluding carboxylic acids is 1. The molecule has 5 N–H and O–H groups in total. The van der Waals surface area contributed by atoms with Gasteiger partial charge in [0.1, 0.15) is 24.0 Å². The average Bonchev–Trinajstić information content (AvgIpc) is 2.58. The maximum Gasteiger partial charge on any atom is 0.407 e. The Kier molecular flexibility index (Phi) is 6.30.